The van der Waals surface area contributed by atoms with Crippen LogP contribution in [0.1, 0.15) is 38.4 Å². The summed E-state index contributed by atoms with van der Waals surface area (Å²) in [7, 11) is 0. The minimum absolute atomic E-state index is 0. The molecule has 3 rings (SSSR count). The zero-order valence-corrected chi connectivity index (χ0v) is 15.4. The fraction of sp³-hybridized carbons (Fsp3) is 0.333. The maximum Gasteiger partial charge on any atom is 0.261 e. The summed E-state index contributed by atoms with van der Waals surface area (Å²) in [5.74, 6) is -0.116. The Bertz CT molecular complexity index is 683. The number of nitrogens with one attached hydrogen (secondary N) is 3. The second-order valence-corrected chi connectivity index (χ2v) is 6.82. The van der Waals surface area contributed by atoms with E-state index in [9.17, 15) is 9.59 Å². The van der Waals surface area contributed by atoms with Gasteiger partial charge in [0.1, 0.15) is 0 Å². The van der Waals surface area contributed by atoms with E-state index in [1.165, 1.54) is 11.3 Å². The smallest absolute Gasteiger partial charge is 0.261 e. The van der Waals surface area contributed by atoms with Crippen molar-refractivity contribution in [3.8, 4) is 0 Å². The third-order valence-corrected chi connectivity index (χ3v) is 4.91. The first kappa shape index (κ1) is 19.4. The summed E-state index contributed by atoms with van der Waals surface area (Å²) in [5.41, 5.74) is 1.62. The molecule has 5 nitrogen and oxygen atoms in total. The van der Waals surface area contributed by atoms with Crippen molar-refractivity contribution in [1.29, 1.82) is 0 Å². The van der Waals surface area contributed by atoms with Gasteiger partial charge in [0.15, 0.2) is 0 Å². The van der Waals surface area contributed by atoms with Crippen molar-refractivity contribution in [2.75, 3.05) is 13.1 Å². The molecule has 1 saturated heterocycles. The van der Waals surface area contributed by atoms with Crippen LogP contribution in [-0.2, 0) is 6.54 Å². The summed E-state index contributed by atoms with van der Waals surface area (Å²) in [5, 5.41) is 11.1. The van der Waals surface area contributed by atoms with Gasteiger partial charge in [-0.2, -0.15) is 0 Å². The van der Waals surface area contributed by atoms with Gasteiger partial charge in [-0.3, -0.25) is 9.59 Å². The highest BCUT2D eigenvalue weighted by molar-refractivity contribution is 7.12. The van der Waals surface area contributed by atoms with Crippen LogP contribution in [0.4, 0.5) is 0 Å². The molecule has 0 bridgehead atoms. The van der Waals surface area contributed by atoms with Gasteiger partial charge in [-0.15, -0.1) is 23.7 Å². The van der Waals surface area contributed by atoms with Gasteiger partial charge in [-0.05, 0) is 48.5 Å². The monoisotopic (exact) mass is 379 g/mol. The van der Waals surface area contributed by atoms with Gasteiger partial charge < -0.3 is 16.0 Å². The summed E-state index contributed by atoms with van der Waals surface area (Å²) in [6.45, 7) is 2.31. The molecule has 1 atom stereocenters. The molecule has 1 aromatic carbocycles. The van der Waals surface area contributed by atoms with E-state index in [0.29, 0.717) is 17.0 Å². The van der Waals surface area contributed by atoms with Crippen molar-refractivity contribution in [2.24, 2.45) is 0 Å². The standard InChI is InChI=1S/C18H21N3O2S.ClH/c22-17(21-15-3-1-9-19-12-15)14-7-5-13(6-8-14)11-20-18(23)16-4-2-10-24-16;/h2,4-8,10,15,19H,1,3,9,11-12H2,(H,20,23)(H,21,22);1H. The Labute approximate surface area is 157 Å². The van der Waals surface area contributed by atoms with Crippen LogP contribution in [-0.4, -0.2) is 30.9 Å². The van der Waals surface area contributed by atoms with E-state index in [1.54, 1.807) is 18.2 Å². The predicted molar refractivity (Wildman–Crippen MR) is 103 cm³/mol. The Balaban J connectivity index is 0.00000225. The second kappa shape index (κ2) is 9.56. The average molecular weight is 380 g/mol. The van der Waals surface area contributed by atoms with Crippen LogP contribution in [0, 0.1) is 0 Å². The number of hydrogen-bond donors (Lipinski definition) is 3. The minimum Gasteiger partial charge on any atom is -0.348 e. The molecule has 2 amide bonds. The van der Waals surface area contributed by atoms with Crippen LogP contribution in [0.15, 0.2) is 41.8 Å². The third-order valence-electron chi connectivity index (χ3n) is 4.05. The molecular formula is C18H22ClN3O2S. The predicted octanol–water partition coefficient (Wildman–Crippen LogP) is 2.58. The molecule has 1 aliphatic heterocycles. The quantitative estimate of drug-likeness (QED) is 0.747. The average Bonchev–Trinajstić information content (AvgIpc) is 3.16. The van der Waals surface area contributed by atoms with Crippen molar-refractivity contribution < 1.29 is 9.59 Å². The number of benzene rings is 1. The SMILES string of the molecule is Cl.O=C(NC1CCCNC1)c1ccc(CNC(=O)c2cccs2)cc1. The summed E-state index contributed by atoms with van der Waals surface area (Å²) in [4.78, 5) is 24.8. The summed E-state index contributed by atoms with van der Waals surface area (Å²) in [6, 6.07) is 11.2. The van der Waals surface area contributed by atoms with E-state index in [-0.39, 0.29) is 30.3 Å². The number of thiophene rings is 1. The number of halogens is 1. The lowest BCUT2D eigenvalue weighted by Gasteiger charge is -2.23. The van der Waals surface area contributed by atoms with Gasteiger partial charge in [-0.1, -0.05) is 18.2 Å². The molecule has 2 aromatic rings. The van der Waals surface area contributed by atoms with E-state index < -0.39 is 0 Å². The van der Waals surface area contributed by atoms with Crippen LogP contribution in [0.3, 0.4) is 0 Å². The van der Waals surface area contributed by atoms with E-state index >= 15 is 0 Å². The van der Waals surface area contributed by atoms with E-state index in [2.05, 4.69) is 16.0 Å². The Morgan fingerprint density at radius 2 is 1.96 bits per heavy atom. The number of carbonyl (C=O) groups is 2. The molecule has 1 unspecified atom stereocenters. The van der Waals surface area contributed by atoms with Crippen molar-refractivity contribution in [3.05, 3.63) is 57.8 Å². The first-order valence-electron chi connectivity index (χ1n) is 8.14. The molecule has 7 heteroatoms. The van der Waals surface area contributed by atoms with Crippen molar-refractivity contribution in [3.63, 3.8) is 0 Å². The van der Waals surface area contributed by atoms with E-state index in [1.807, 2.05) is 23.6 Å². The van der Waals surface area contributed by atoms with Crippen molar-refractivity contribution in [1.82, 2.24) is 16.0 Å². The second-order valence-electron chi connectivity index (χ2n) is 5.87. The van der Waals surface area contributed by atoms with E-state index in [4.69, 9.17) is 0 Å². The largest absolute Gasteiger partial charge is 0.348 e. The van der Waals surface area contributed by atoms with Crippen LogP contribution in [0.25, 0.3) is 0 Å². The van der Waals surface area contributed by atoms with Gasteiger partial charge in [0.2, 0.25) is 0 Å². The van der Waals surface area contributed by atoms with Crippen molar-refractivity contribution in [2.45, 2.75) is 25.4 Å². The number of rotatable bonds is 5. The molecule has 1 aliphatic rings. The van der Waals surface area contributed by atoms with Gasteiger partial charge >= 0.3 is 0 Å². The molecule has 25 heavy (non-hydrogen) atoms. The molecule has 1 fully saturated rings. The van der Waals surface area contributed by atoms with Crippen LogP contribution < -0.4 is 16.0 Å². The Morgan fingerprint density at radius 1 is 1.16 bits per heavy atom. The van der Waals surface area contributed by atoms with Crippen LogP contribution >= 0.6 is 23.7 Å². The summed E-state index contributed by atoms with van der Waals surface area (Å²) in [6.07, 6.45) is 2.11. The molecule has 2 heterocycles. The molecule has 0 saturated carbocycles. The molecule has 134 valence electrons. The highest BCUT2D eigenvalue weighted by Crippen LogP contribution is 2.10. The van der Waals surface area contributed by atoms with Gasteiger partial charge in [0, 0.05) is 24.7 Å². The number of carbonyl (C=O) groups excluding carboxylic acids is 2. The number of piperidine rings is 1. The Hall–Kier alpha value is -1.89. The van der Waals surface area contributed by atoms with Gasteiger partial charge in [0.25, 0.3) is 11.8 Å². The van der Waals surface area contributed by atoms with E-state index in [0.717, 1.165) is 31.5 Å². The van der Waals surface area contributed by atoms with Crippen LogP contribution in [0.5, 0.6) is 0 Å². The highest BCUT2D eigenvalue weighted by atomic mass is 35.5. The Morgan fingerprint density at radius 3 is 2.60 bits per heavy atom. The first-order valence-corrected chi connectivity index (χ1v) is 9.02. The van der Waals surface area contributed by atoms with Gasteiger partial charge in [-0.25, -0.2) is 0 Å². The molecule has 0 radical (unpaired) electrons. The lowest BCUT2D eigenvalue weighted by molar-refractivity contribution is 0.0927. The lowest BCUT2D eigenvalue weighted by atomic mass is 10.1. The first-order chi connectivity index (χ1) is 11.7. The normalized spacial score (nSPS) is 16.6. The zero-order valence-electron chi connectivity index (χ0n) is 13.8. The maximum absolute atomic E-state index is 12.2. The molecular weight excluding hydrogens is 358 g/mol. The molecule has 0 aliphatic carbocycles. The molecule has 0 spiro atoms. The number of amides is 2. The van der Waals surface area contributed by atoms with Crippen LogP contribution in [0.2, 0.25) is 0 Å². The van der Waals surface area contributed by atoms with Gasteiger partial charge in [0.05, 0.1) is 4.88 Å². The fourth-order valence-electron chi connectivity index (χ4n) is 2.69. The zero-order chi connectivity index (χ0) is 16.8. The topological polar surface area (TPSA) is 70.2 Å². The summed E-state index contributed by atoms with van der Waals surface area (Å²) >= 11 is 1.42. The Kier molecular flexibility index (Phi) is 7.43. The fourth-order valence-corrected chi connectivity index (χ4v) is 3.34. The molecule has 1 aromatic heterocycles. The molecule has 3 N–H and O–H groups in total. The summed E-state index contributed by atoms with van der Waals surface area (Å²) < 4.78 is 0. The number of hydrogen-bond acceptors (Lipinski definition) is 4. The van der Waals surface area contributed by atoms with Crippen molar-refractivity contribution >= 4 is 35.6 Å². The minimum atomic E-state index is -0.0726. The highest BCUT2D eigenvalue weighted by Gasteiger charge is 2.16. The maximum atomic E-state index is 12.2. The lowest BCUT2D eigenvalue weighted by Crippen LogP contribution is -2.45. The third kappa shape index (κ3) is 5.56.